The Morgan fingerprint density at radius 2 is 0.941 bits per heavy atom. The Labute approximate surface area is 306 Å². The Morgan fingerprint density at radius 1 is 0.588 bits per heavy atom. The minimum atomic E-state index is -5.14. The van der Waals surface area contributed by atoms with Gasteiger partial charge in [0.05, 0.1) is 13.2 Å². The lowest BCUT2D eigenvalue weighted by Gasteiger charge is -2.28. The number of ether oxygens (including phenoxy) is 2. The maximum Gasteiger partial charge on any atom is 0.325 e. The fourth-order valence-corrected chi connectivity index (χ4v) is 10.2. The molecule has 4 aromatic rings. The number of carbonyl (C=O) groups is 4. The van der Waals surface area contributed by atoms with Gasteiger partial charge >= 0.3 is 11.9 Å². The summed E-state index contributed by atoms with van der Waals surface area (Å²) in [6, 6.07) is 26.2. The minimum absolute atomic E-state index is 0.0432. The Bertz CT molecular complexity index is 1820. The molecular formula is C42H46ClO7P. The van der Waals surface area contributed by atoms with Gasteiger partial charge in [0, 0.05) is 11.1 Å². The Kier molecular flexibility index (Phi) is 13.7. The molecule has 0 aliphatic carbocycles. The van der Waals surface area contributed by atoms with Crippen LogP contribution in [0.4, 0.5) is 0 Å². The predicted molar refractivity (Wildman–Crippen MR) is 202 cm³/mol. The highest BCUT2D eigenvalue weighted by Crippen LogP contribution is 2.60. The summed E-state index contributed by atoms with van der Waals surface area (Å²) in [5.74, 6) is -2.23. The van der Waals surface area contributed by atoms with Crippen molar-refractivity contribution < 1.29 is 33.2 Å². The van der Waals surface area contributed by atoms with E-state index in [0.29, 0.717) is 47.9 Å². The molecule has 2 atom stereocenters. The highest BCUT2D eigenvalue weighted by molar-refractivity contribution is 7.96. The first-order valence-electron chi connectivity index (χ1n) is 17.2. The van der Waals surface area contributed by atoms with E-state index < -0.39 is 41.2 Å². The van der Waals surface area contributed by atoms with E-state index in [1.54, 1.807) is 52.0 Å². The zero-order chi connectivity index (χ0) is 37.3. The number of aryl methyl sites for hydroxylation is 8. The lowest BCUT2D eigenvalue weighted by molar-refractivity contribution is -0.149. The number of alkyl halides is 1. The third kappa shape index (κ3) is 9.52. The van der Waals surface area contributed by atoms with Gasteiger partial charge in [0.2, 0.25) is 18.2 Å². The van der Waals surface area contributed by atoms with Crippen molar-refractivity contribution in [1.82, 2.24) is 0 Å². The fourth-order valence-electron chi connectivity index (χ4n) is 6.65. The number of carbonyl (C=O) groups excluding carboxylic acids is 4. The monoisotopic (exact) mass is 728 g/mol. The number of esters is 2. The second-order valence-electron chi connectivity index (χ2n) is 13.2. The van der Waals surface area contributed by atoms with Gasteiger partial charge in [0.15, 0.2) is 11.0 Å². The highest BCUT2D eigenvalue weighted by Gasteiger charge is 2.57. The molecule has 268 valence electrons. The fraction of sp³-hybridized carbons (Fsp3) is 0.333. The summed E-state index contributed by atoms with van der Waals surface area (Å²) >= 11 is 6.80. The third-order valence-corrected chi connectivity index (χ3v) is 12.5. The van der Waals surface area contributed by atoms with Crippen LogP contribution in [0.25, 0.3) is 0 Å². The largest absolute Gasteiger partial charge is 0.465 e. The van der Waals surface area contributed by atoms with E-state index in [2.05, 4.69) is 0 Å². The summed E-state index contributed by atoms with van der Waals surface area (Å²) in [4.78, 5) is 57.5. The molecule has 0 aromatic heterocycles. The minimum Gasteiger partial charge on any atom is -0.465 e. The van der Waals surface area contributed by atoms with Gasteiger partial charge < -0.3 is 14.0 Å². The summed E-state index contributed by atoms with van der Waals surface area (Å²) in [5.41, 5.74) is 1.55. The molecule has 0 saturated carbocycles. The first-order chi connectivity index (χ1) is 24.2. The van der Waals surface area contributed by atoms with Gasteiger partial charge in [-0.2, -0.15) is 0 Å². The average molecular weight is 729 g/mol. The molecular weight excluding hydrogens is 683 g/mol. The molecule has 2 unspecified atom stereocenters. The number of hydrogen-bond donors (Lipinski definition) is 0. The normalized spacial score (nSPS) is 12.5. The molecule has 7 nitrogen and oxygen atoms in total. The Hall–Kier alpha value is -4.32. The van der Waals surface area contributed by atoms with Crippen molar-refractivity contribution in [2.45, 2.75) is 78.3 Å². The molecule has 0 aliphatic heterocycles. The maximum absolute atomic E-state index is 15.8. The van der Waals surface area contributed by atoms with Crippen molar-refractivity contribution in [3.8, 4) is 0 Å². The molecule has 4 aromatic carbocycles. The van der Waals surface area contributed by atoms with E-state index in [0.717, 1.165) is 22.3 Å². The summed E-state index contributed by atoms with van der Waals surface area (Å²) < 4.78 is 26.9. The van der Waals surface area contributed by atoms with Gasteiger partial charge in [-0.05, 0) is 101 Å². The van der Waals surface area contributed by atoms with Crippen molar-refractivity contribution in [3.05, 3.63) is 141 Å². The highest BCUT2D eigenvalue weighted by atomic mass is 35.5. The second-order valence-corrected chi connectivity index (χ2v) is 16.3. The molecule has 0 N–H and O–H groups in total. The quantitative estimate of drug-likeness (QED) is 0.0490. The molecule has 0 heterocycles. The van der Waals surface area contributed by atoms with Gasteiger partial charge in [0.1, 0.15) is 0 Å². The van der Waals surface area contributed by atoms with E-state index in [1.165, 1.54) is 0 Å². The van der Waals surface area contributed by atoms with Crippen LogP contribution >= 0.6 is 18.7 Å². The van der Waals surface area contributed by atoms with Crippen molar-refractivity contribution in [1.29, 1.82) is 0 Å². The van der Waals surface area contributed by atoms with Gasteiger partial charge in [-0.15, -0.1) is 11.6 Å². The topological polar surface area (TPSA) is 104 Å². The summed E-state index contributed by atoms with van der Waals surface area (Å²) in [6.07, 6.45) is 2.04. The van der Waals surface area contributed by atoms with Gasteiger partial charge in [-0.25, -0.2) is 0 Å². The SMILES string of the molecule is Cc1cc(C)c(C(=O)P(=O)(C(=O)c2c(C)cc(C)cc2C)C(C(=O)OCCCc2ccccc2)C(Cl)C(=O)OCCCc2ccccc2)c(C)c1. The van der Waals surface area contributed by atoms with E-state index in [-0.39, 0.29) is 24.3 Å². The zero-order valence-corrected chi connectivity index (χ0v) is 31.8. The Morgan fingerprint density at radius 3 is 1.31 bits per heavy atom. The van der Waals surface area contributed by atoms with E-state index >= 15 is 4.57 Å². The first-order valence-corrected chi connectivity index (χ1v) is 19.4. The van der Waals surface area contributed by atoms with Crippen molar-refractivity contribution in [2.24, 2.45) is 0 Å². The molecule has 0 amide bonds. The predicted octanol–water partition coefficient (Wildman–Crippen LogP) is 9.21. The van der Waals surface area contributed by atoms with Crippen LogP contribution in [-0.2, 0) is 36.5 Å². The first kappa shape index (κ1) is 39.5. The van der Waals surface area contributed by atoms with Gasteiger partial charge in [-0.1, -0.05) is 96.1 Å². The maximum atomic E-state index is 15.8. The summed E-state index contributed by atoms with van der Waals surface area (Å²) in [7, 11) is -5.14. The average Bonchev–Trinajstić information content (AvgIpc) is 3.08. The van der Waals surface area contributed by atoms with E-state index in [9.17, 15) is 19.2 Å². The van der Waals surface area contributed by atoms with Crippen LogP contribution in [0.3, 0.4) is 0 Å². The summed E-state index contributed by atoms with van der Waals surface area (Å²) in [5, 5.41) is -1.96. The second kappa shape index (κ2) is 17.7. The number of rotatable bonds is 16. The molecule has 0 aliphatic rings. The lowest BCUT2D eigenvalue weighted by Crippen LogP contribution is -2.42. The van der Waals surface area contributed by atoms with Gasteiger partial charge in [0.25, 0.3) is 0 Å². The van der Waals surface area contributed by atoms with Crippen LogP contribution in [0.1, 0.15) is 78.1 Å². The van der Waals surface area contributed by atoms with Crippen LogP contribution < -0.4 is 0 Å². The number of benzene rings is 4. The molecule has 0 radical (unpaired) electrons. The molecule has 0 fully saturated rings. The van der Waals surface area contributed by atoms with Crippen LogP contribution in [-0.4, -0.2) is 47.2 Å². The summed E-state index contributed by atoms with van der Waals surface area (Å²) in [6.45, 7) is 10.3. The lowest BCUT2D eigenvalue weighted by atomic mass is 10.0. The molecule has 9 heteroatoms. The van der Waals surface area contributed by atoms with Gasteiger partial charge in [-0.3, -0.25) is 19.2 Å². The van der Waals surface area contributed by atoms with E-state index in [4.69, 9.17) is 21.1 Å². The van der Waals surface area contributed by atoms with Crippen LogP contribution in [0.15, 0.2) is 84.9 Å². The van der Waals surface area contributed by atoms with Crippen molar-refractivity contribution in [2.75, 3.05) is 13.2 Å². The number of halogens is 1. The molecule has 0 saturated heterocycles. The third-order valence-electron chi connectivity index (χ3n) is 8.91. The molecule has 0 spiro atoms. The van der Waals surface area contributed by atoms with E-state index in [1.807, 2.05) is 74.5 Å². The standard InChI is InChI=1S/C42H46ClO7P/c1-27-23-29(3)35(30(4)24-27)41(46)51(48,42(47)36-31(5)25-28(2)26-32(36)6)38(40(45)50-22-14-20-34-17-11-8-12-18-34)37(43)39(44)49-21-13-19-33-15-9-7-10-16-33/h7-12,15-18,23-26,37-38H,13-14,19-22H2,1-6H3. The van der Waals surface area contributed by atoms with Crippen LogP contribution in [0.2, 0.25) is 0 Å². The molecule has 51 heavy (non-hydrogen) atoms. The van der Waals surface area contributed by atoms with Crippen LogP contribution in [0, 0.1) is 41.5 Å². The molecule has 0 bridgehead atoms. The van der Waals surface area contributed by atoms with Crippen LogP contribution in [0.5, 0.6) is 0 Å². The zero-order valence-electron chi connectivity index (χ0n) is 30.2. The number of hydrogen-bond acceptors (Lipinski definition) is 7. The smallest absolute Gasteiger partial charge is 0.325 e. The Balaban J connectivity index is 1.77. The molecule has 4 rings (SSSR count). The van der Waals surface area contributed by atoms with Crippen molar-refractivity contribution in [3.63, 3.8) is 0 Å². The van der Waals surface area contributed by atoms with Crippen molar-refractivity contribution >= 4 is 41.7 Å².